The van der Waals surface area contributed by atoms with Gasteiger partial charge in [-0.3, -0.25) is 0 Å². The molecule has 0 radical (unpaired) electrons. The van der Waals surface area contributed by atoms with Gasteiger partial charge >= 0.3 is 0 Å². The molecular formula is C43H37N. The van der Waals surface area contributed by atoms with Gasteiger partial charge in [-0.1, -0.05) is 119 Å². The van der Waals surface area contributed by atoms with Crippen LogP contribution in [0.3, 0.4) is 0 Å². The highest BCUT2D eigenvalue weighted by Crippen LogP contribution is 2.55. The summed E-state index contributed by atoms with van der Waals surface area (Å²) in [6, 6.07) is 51.4. The van der Waals surface area contributed by atoms with Crippen LogP contribution in [0.1, 0.15) is 61.8 Å². The van der Waals surface area contributed by atoms with Crippen molar-refractivity contribution < 1.29 is 0 Å². The Morgan fingerprint density at radius 2 is 0.977 bits per heavy atom. The molecule has 6 aromatic carbocycles. The van der Waals surface area contributed by atoms with Crippen molar-refractivity contribution in [3.8, 4) is 33.4 Å². The van der Waals surface area contributed by atoms with E-state index < -0.39 is 0 Å². The molecule has 44 heavy (non-hydrogen) atoms. The van der Waals surface area contributed by atoms with E-state index in [0.29, 0.717) is 11.8 Å². The number of hydrogen-bond donors (Lipinski definition) is 0. The molecule has 0 amide bonds. The van der Waals surface area contributed by atoms with Crippen LogP contribution in [0, 0.1) is 0 Å². The maximum atomic E-state index is 2.54. The SMILES string of the molecule is CC1c2ccc(-c3ccc(N(c4ccccc4)c4ccccc4)cc3)cc2-c2cc3c(cc2C1C)C(C)(C)c1ccccc1-3. The van der Waals surface area contributed by atoms with Crippen LogP contribution in [-0.4, -0.2) is 0 Å². The van der Waals surface area contributed by atoms with Crippen molar-refractivity contribution in [2.24, 2.45) is 0 Å². The maximum Gasteiger partial charge on any atom is 0.0462 e. The molecule has 0 saturated heterocycles. The molecule has 0 fully saturated rings. The zero-order valence-corrected chi connectivity index (χ0v) is 25.9. The van der Waals surface area contributed by atoms with Crippen LogP contribution in [0.15, 0.2) is 140 Å². The van der Waals surface area contributed by atoms with Crippen LogP contribution in [0.4, 0.5) is 17.1 Å². The van der Waals surface area contributed by atoms with E-state index >= 15 is 0 Å². The number of para-hydroxylation sites is 2. The fraction of sp³-hybridized carbons (Fsp3) is 0.163. The van der Waals surface area contributed by atoms with E-state index in [-0.39, 0.29) is 5.41 Å². The van der Waals surface area contributed by atoms with Crippen LogP contribution in [0.2, 0.25) is 0 Å². The van der Waals surface area contributed by atoms with Crippen molar-refractivity contribution in [3.05, 3.63) is 162 Å². The second kappa shape index (κ2) is 10.1. The van der Waals surface area contributed by atoms with E-state index in [4.69, 9.17) is 0 Å². The summed E-state index contributed by atoms with van der Waals surface area (Å²) in [5.74, 6) is 0.929. The van der Waals surface area contributed by atoms with Gasteiger partial charge in [0.2, 0.25) is 0 Å². The molecule has 214 valence electrons. The number of hydrogen-bond acceptors (Lipinski definition) is 1. The lowest BCUT2D eigenvalue weighted by molar-refractivity contribution is 0.610. The highest BCUT2D eigenvalue weighted by atomic mass is 15.1. The molecule has 0 heterocycles. The first-order valence-electron chi connectivity index (χ1n) is 15.8. The molecule has 1 heteroatoms. The van der Waals surface area contributed by atoms with Crippen LogP contribution < -0.4 is 4.90 Å². The Balaban J connectivity index is 1.22. The van der Waals surface area contributed by atoms with E-state index in [2.05, 4.69) is 172 Å². The summed E-state index contributed by atoms with van der Waals surface area (Å²) in [5, 5.41) is 0. The second-order valence-corrected chi connectivity index (χ2v) is 13.1. The average Bonchev–Trinajstić information content (AvgIpc) is 3.30. The predicted molar refractivity (Wildman–Crippen MR) is 186 cm³/mol. The minimum Gasteiger partial charge on any atom is -0.311 e. The van der Waals surface area contributed by atoms with Crippen molar-refractivity contribution in [1.82, 2.24) is 0 Å². The quantitative estimate of drug-likeness (QED) is 0.205. The number of fused-ring (bicyclic) bond motifs is 6. The summed E-state index contributed by atoms with van der Waals surface area (Å²) >= 11 is 0. The molecule has 0 N–H and O–H groups in total. The lowest BCUT2D eigenvalue weighted by atomic mass is 9.70. The van der Waals surface area contributed by atoms with Crippen molar-refractivity contribution in [2.45, 2.75) is 44.9 Å². The van der Waals surface area contributed by atoms with Crippen molar-refractivity contribution in [2.75, 3.05) is 4.90 Å². The minimum absolute atomic E-state index is 0.0150. The monoisotopic (exact) mass is 567 g/mol. The molecule has 6 aromatic rings. The molecule has 2 atom stereocenters. The van der Waals surface area contributed by atoms with Gasteiger partial charge in [0, 0.05) is 22.5 Å². The number of anilines is 3. The smallest absolute Gasteiger partial charge is 0.0462 e. The summed E-state index contributed by atoms with van der Waals surface area (Å²) < 4.78 is 0. The Bertz CT molecular complexity index is 1960. The van der Waals surface area contributed by atoms with Crippen molar-refractivity contribution >= 4 is 17.1 Å². The summed E-state index contributed by atoms with van der Waals surface area (Å²) in [6.07, 6.45) is 0. The maximum absolute atomic E-state index is 2.54. The Morgan fingerprint density at radius 1 is 0.432 bits per heavy atom. The highest BCUT2D eigenvalue weighted by Gasteiger charge is 2.38. The van der Waals surface area contributed by atoms with E-state index in [1.165, 1.54) is 55.6 Å². The standard InChI is InChI=1S/C43H37N/c1-28-29(2)37-27-42-40(36-17-11-12-18-41(36)43(42,3)4)26-39(37)38-25-31(21-24-35(28)38)30-19-22-34(23-20-30)44(32-13-7-5-8-14-32)33-15-9-6-10-16-33/h5-29H,1-4H3. The number of rotatable bonds is 4. The molecule has 2 aliphatic rings. The third-order valence-corrected chi connectivity index (χ3v) is 10.3. The van der Waals surface area contributed by atoms with E-state index in [1.807, 2.05) is 0 Å². The Morgan fingerprint density at radius 3 is 1.66 bits per heavy atom. The minimum atomic E-state index is 0.0150. The van der Waals surface area contributed by atoms with Gasteiger partial charge in [-0.15, -0.1) is 0 Å². The summed E-state index contributed by atoms with van der Waals surface area (Å²) in [4.78, 5) is 2.32. The predicted octanol–water partition coefficient (Wildman–Crippen LogP) is 12.0. The fourth-order valence-electron chi connectivity index (χ4n) is 7.68. The van der Waals surface area contributed by atoms with E-state index in [9.17, 15) is 0 Å². The lowest BCUT2D eigenvalue weighted by Crippen LogP contribution is -2.18. The summed E-state index contributed by atoms with van der Waals surface area (Å²) in [6.45, 7) is 9.57. The molecule has 0 spiro atoms. The topological polar surface area (TPSA) is 3.24 Å². The van der Waals surface area contributed by atoms with Gasteiger partial charge in [0.25, 0.3) is 0 Å². The third-order valence-electron chi connectivity index (χ3n) is 10.3. The van der Waals surface area contributed by atoms with Gasteiger partial charge in [-0.2, -0.15) is 0 Å². The molecule has 8 rings (SSSR count). The molecular weight excluding hydrogens is 530 g/mol. The van der Waals surface area contributed by atoms with Gasteiger partial charge in [-0.05, 0) is 116 Å². The first-order chi connectivity index (χ1) is 21.4. The van der Waals surface area contributed by atoms with Gasteiger partial charge in [0.1, 0.15) is 0 Å². The Labute approximate surface area is 261 Å². The van der Waals surface area contributed by atoms with Gasteiger partial charge in [-0.25, -0.2) is 0 Å². The first kappa shape index (κ1) is 26.7. The average molecular weight is 568 g/mol. The largest absolute Gasteiger partial charge is 0.311 e. The fourth-order valence-corrected chi connectivity index (χ4v) is 7.68. The van der Waals surface area contributed by atoms with Crippen molar-refractivity contribution in [3.63, 3.8) is 0 Å². The van der Waals surface area contributed by atoms with E-state index in [1.54, 1.807) is 0 Å². The molecule has 1 nitrogen and oxygen atoms in total. The zero-order valence-electron chi connectivity index (χ0n) is 25.9. The van der Waals surface area contributed by atoms with Gasteiger partial charge in [0.15, 0.2) is 0 Å². The Hall–Kier alpha value is -4.88. The van der Waals surface area contributed by atoms with Gasteiger partial charge in [0.05, 0.1) is 0 Å². The van der Waals surface area contributed by atoms with Crippen LogP contribution in [0.5, 0.6) is 0 Å². The van der Waals surface area contributed by atoms with Crippen LogP contribution >= 0.6 is 0 Å². The normalized spacial score (nSPS) is 17.3. The Kier molecular flexibility index (Phi) is 6.13. The third kappa shape index (κ3) is 4.07. The van der Waals surface area contributed by atoms with Crippen molar-refractivity contribution in [1.29, 1.82) is 0 Å². The number of nitrogens with zero attached hydrogens (tertiary/aromatic N) is 1. The van der Waals surface area contributed by atoms with Crippen LogP contribution in [0.25, 0.3) is 33.4 Å². The van der Waals surface area contributed by atoms with Gasteiger partial charge < -0.3 is 4.90 Å². The van der Waals surface area contributed by atoms with E-state index in [0.717, 1.165) is 17.1 Å². The summed E-state index contributed by atoms with van der Waals surface area (Å²) in [5.41, 5.74) is 17.4. The second-order valence-electron chi connectivity index (χ2n) is 13.1. The lowest BCUT2D eigenvalue weighted by Gasteiger charge is -2.33. The molecule has 0 bridgehead atoms. The first-order valence-corrected chi connectivity index (χ1v) is 15.8. The van der Waals surface area contributed by atoms with Crippen LogP contribution in [-0.2, 0) is 5.41 Å². The highest BCUT2D eigenvalue weighted by molar-refractivity contribution is 5.89. The molecule has 0 aliphatic heterocycles. The molecule has 2 aliphatic carbocycles. The number of benzene rings is 6. The molecule has 2 unspecified atom stereocenters. The molecule has 0 saturated carbocycles. The zero-order chi connectivity index (χ0) is 30.0. The molecule has 0 aromatic heterocycles. The summed E-state index contributed by atoms with van der Waals surface area (Å²) in [7, 11) is 0.